The zero-order valence-electron chi connectivity index (χ0n) is 14.8. The molecule has 3 heteroatoms. The molecular formula is C18H31NO2. The van der Waals surface area contributed by atoms with Crippen molar-refractivity contribution in [3.05, 3.63) is 23.8 Å². The lowest BCUT2D eigenvalue weighted by molar-refractivity contribution is 0.225. The van der Waals surface area contributed by atoms with Gasteiger partial charge in [-0.25, -0.2) is 0 Å². The Morgan fingerprint density at radius 1 is 1.05 bits per heavy atom. The molecule has 0 aliphatic rings. The van der Waals surface area contributed by atoms with Gasteiger partial charge in [-0.1, -0.05) is 26.8 Å². The normalized spacial score (nSPS) is 13.9. The minimum atomic E-state index is 0.0581. The maximum atomic E-state index is 5.50. The Hall–Kier alpha value is -1.22. The van der Waals surface area contributed by atoms with Crippen LogP contribution in [0.3, 0.4) is 0 Å². The Balaban J connectivity index is 2.91. The van der Waals surface area contributed by atoms with Crippen LogP contribution in [-0.2, 0) is 0 Å². The van der Waals surface area contributed by atoms with Crippen LogP contribution < -0.4 is 14.8 Å². The molecule has 1 unspecified atom stereocenters. The summed E-state index contributed by atoms with van der Waals surface area (Å²) in [7, 11) is 3.37. The van der Waals surface area contributed by atoms with Gasteiger partial charge in [0, 0.05) is 23.2 Å². The third-order valence-corrected chi connectivity index (χ3v) is 3.49. The molecule has 1 rings (SSSR count). The van der Waals surface area contributed by atoms with E-state index >= 15 is 0 Å². The van der Waals surface area contributed by atoms with Crippen LogP contribution in [0.15, 0.2) is 18.2 Å². The van der Waals surface area contributed by atoms with E-state index in [1.807, 2.05) is 12.1 Å². The minimum absolute atomic E-state index is 0.0581. The van der Waals surface area contributed by atoms with Crippen molar-refractivity contribution in [2.45, 2.75) is 59.5 Å². The summed E-state index contributed by atoms with van der Waals surface area (Å²) in [4.78, 5) is 0. The van der Waals surface area contributed by atoms with Crippen molar-refractivity contribution >= 4 is 0 Å². The lowest BCUT2D eigenvalue weighted by atomic mass is 9.81. The van der Waals surface area contributed by atoms with Crippen LogP contribution in [0.4, 0.5) is 0 Å². The van der Waals surface area contributed by atoms with E-state index in [2.05, 4.69) is 52.9 Å². The molecule has 1 aromatic carbocycles. The lowest BCUT2D eigenvalue weighted by Crippen LogP contribution is -2.43. The van der Waals surface area contributed by atoms with Gasteiger partial charge in [-0.05, 0) is 38.7 Å². The largest absolute Gasteiger partial charge is 0.497 e. The molecule has 0 saturated heterocycles. The first-order valence-corrected chi connectivity index (χ1v) is 7.57. The fraction of sp³-hybridized carbons (Fsp3) is 0.667. The number of ether oxygens (including phenoxy) is 2. The molecule has 0 aliphatic heterocycles. The second-order valence-electron chi connectivity index (χ2n) is 7.60. The van der Waals surface area contributed by atoms with Gasteiger partial charge in [0.05, 0.1) is 14.2 Å². The quantitative estimate of drug-likeness (QED) is 0.833. The number of benzene rings is 1. The van der Waals surface area contributed by atoms with E-state index in [1.165, 1.54) is 0 Å². The summed E-state index contributed by atoms with van der Waals surface area (Å²) >= 11 is 0. The Bertz CT molecular complexity index is 461. The van der Waals surface area contributed by atoms with Gasteiger partial charge < -0.3 is 14.8 Å². The summed E-state index contributed by atoms with van der Waals surface area (Å²) in [5.74, 6) is 1.68. The number of rotatable bonds is 6. The highest BCUT2D eigenvalue weighted by atomic mass is 16.5. The van der Waals surface area contributed by atoms with Crippen LogP contribution >= 0.6 is 0 Å². The average Bonchev–Trinajstić information content (AvgIpc) is 2.34. The van der Waals surface area contributed by atoms with Gasteiger partial charge in [-0.2, -0.15) is 0 Å². The Morgan fingerprint density at radius 3 is 2.14 bits per heavy atom. The van der Waals surface area contributed by atoms with Gasteiger partial charge in [0.15, 0.2) is 0 Å². The zero-order valence-corrected chi connectivity index (χ0v) is 14.8. The molecular weight excluding hydrogens is 262 g/mol. The second kappa shape index (κ2) is 6.69. The first-order chi connectivity index (χ1) is 9.58. The Kier molecular flexibility index (Phi) is 5.68. The second-order valence-corrected chi connectivity index (χ2v) is 7.60. The van der Waals surface area contributed by atoms with Crippen molar-refractivity contribution in [2.75, 3.05) is 14.2 Å². The average molecular weight is 293 g/mol. The van der Waals surface area contributed by atoms with Gasteiger partial charge in [0.25, 0.3) is 0 Å². The molecule has 120 valence electrons. The molecule has 0 spiro atoms. The topological polar surface area (TPSA) is 30.5 Å². The highest BCUT2D eigenvalue weighted by molar-refractivity contribution is 5.42. The van der Waals surface area contributed by atoms with Crippen LogP contribution in [0, 0.1) is 5.41 Å². The lowest BCUT2D eigenvalue weighted by Gasteiger charge is -2.36. The third kappa shape index (κ3) is 5.58. The molecule has 0 saturated carbocycles. The molecule has 0 aromatic heterocycles. The van der Waals surface area contributed by atoms with Crippen molar-refractivity contribution in [3.8, 4) is 11.5 Å². The van der Waals surface area contributed by atoms with Crippen LogP contribution in [0.1, 0.15) is 59.6 Å². The van der Waals surface area contributed by atoms with Crippen molar-refractivity contribution in [3.63, 3.8) is 0 Å². The highest BCUT2D eigenvalue weighted by Crippen LogP contribution is 2.33. The van der Waals surface area contributed by atoms with E-state index in [9.17, 15) is 0 Å². The van der Waals surface area contributed by atoms with Gasteiger partial charge in [-0.15, -0.1) is 0 Å². The molecule has 1 N–H and O–H groups in total. The Morgan fingerprint density at radius 2 is 1.67 bits per heavy atom. The monoisotopic (exact) mass is 293 g/mol. The van der Waals surface area contributed by atoms with E-state index in [4.69, 9.17) is 9.47 Å². The third-order valence-electron chi connectivity index (χ3n) is 3.49. The molecule has 0 radical (unpaired) electrons. The highest BCUT2D eigenvalue weighted by Gasteiger charge is 2.27. The maximum absolute atomic E-state index is 5.50. The van der Waals surface area contributed by atoms with Crippen molar-refractivity contribution in [1.82, 2.24) is 5.32 Å². The minimum Gasteiger partial charge on any atom is -0.497 e. The predicted molar refractivity (Wildman–Crippen MR) is 89.2 cm³/mol. The summed E-state index contributed by atoms with van der Waals surface area (Å²) < 4.78 is 10.8. The molecule has 0 amide bonds. The molecule has 21 heavy (non-hydrogen) atoms. The van der Waals surface area contributed by atoms with E-state index in [0.717, 1.165) is 23.5 Å². The van der Waals surface area contributed by atoms with Crippen molar-refractivity contribution < 1.29 is 9.47 Å². The summed E-state index contributed by atoms with van der Waals surface area (Å²) in [6, 6.07) is 6.20. The SMILES string of the molecule is COc1ccc(C(C)NC(C)(C)CC(C)(C)C)c(OC)c1. The summed E-state index contributed by atoms with van der Waals surface area (Å²) in [5.41, 5.74) is 1.50. The molecule has 0 fully saturated rings. The molecule has 0 heterocycles. The smallest absolute Gasteiger partial charge is 0.127 e. The van der Waals surface area contributed by atoms with E-state index in [1.54, 1.807) is 14.2 Å². The molecule has 3 nitrogen and oxygen atoms in total. The first kappa shape index (κ1) is 17.8. The van der Waals surface area contributed by atoms with Crippen LogP contribution in [0.25, 0.3) is 0 Å². The maximum Gasteiger partial charge on any atom is 0.127 e. The van der Waals surface area contributed by atoms with Crippen molar-refractivity contribution in [2.24, 2.45) is 5.41 Å². The first-order valence-electron chi connectivity index (χ1n) is 7.57. The molecule has 1 atom stereocenters. The standard InChI is InChI=1S/C18H31NO2/c1-13(19-18(5,6)12-17(2,3)4)15-10-9-14(20-7)11-16(15)21-8/h9-11,13,19H,12H2,1-8H3. The van der Waals surface area contributed by atoms with Gasteiger partial charge in [0.2, 0.25) is 0 Å². The van der Waals surface area contributed by atoms with E-state index < -0.39 is 0 Å². The zero-order chi connectivity index (χ0) is 16.3. The summed E-state index contributed by atoms with van der Waals surface area (Å²) in [5, 5.41) is 3.72. The molecule has 0 aliphatic carbocycles. The summed E-state index contributed by atoms with van der Waals surface area (Å²) in [6.07, 6.45) is 1.10. The predicted octanol–water partition coefficient (Wildman–Crippen LogP) is 4.57. The molecule has 0 bridgehead atoms. The van der Waals surface area contributed by atoms with E-state index in [-0.39, 0.29) is 11.6 Å². The fourth-order valence-corrected chi connectivity index (χ4v) is 3.22. The van der Waals surface area contributed by atoms with Crippen LogP contribution in [0.5, 0.6) is 11.5 Å². The number of methoxy groups -OCH3 is 2. The van der Waals surface area contributed by atoms with Gasteiger partial charge >= 0.3 is 0 Å². The fourth-order valence-electron chi connectivity index (χ4n) is 3.22. The summed E-state index contributed by atoms with van der Waals surface area (Å²) in [6.45, 7) is 13.5. The van der Waals surface area contributed by atoms with Crippen LogP contribution in [0.2, 0.25) is 0 Å². The van der Waals surface area contributed by atoms with Gasteiger partial charge in [-0.3, -0.25) is 0 Å². The van der Waals surface area contributed by atoms with Crippen molar-refractivity contribution in [1.29, 1.82) is 0 Å². The number of hydrogen-bond acceptors (Lipinski definition) is 3. The van der Waals surface area contributed by atoms with Gasteiger partial charge in [0.1, 0.15) is 11.5 Å². The number of nitrogens with one attached hydrogen (secondary N) is 1. The molecule has 1 aromatic rings. The van der Waals surface area contributed by atoms with Crippen LogP contribution in [-0.4, -0.2) is 19.8 Å². The van der Waals surface area contributed by atoms with E-state index in [0.29, 0.717) is 5.41 Å². The Labute approximate surface area is 130 Å². The number of hydrogen-bond donors (Lipinski definition) is 1.